The van der Waals surface area contributed by atoms with Gasteiger partial charge in [-0.25, -0.2) is 0 Å². The molecule has 3 radical (unpaired) electrons. The molecule has 0 aromatic carbocycles. The minimum Gasteiger partial charge on any atom is -0.348 e. The summed E-state index contributed by atoms with van der Waals surface area (Å²) in [5.41, 5.74) is 0. The summed E-state index contributed by atoms with van der Waals surface area (Å²) >= 11 is 0. The van der Waals surface area contributed by atoms with Gasteiger partial charge in [0.2, 0.25) is 6.41 Å². The molecule has 0 aromatic rings. The van der Waals surface area contributed by atoms with Crippen molar-refractivity contribution in [3.8, 4) is 0 Å². The van der Waals surface area contributed by atoms with E-state index in [9.17, 15) is 4.79 Å². The van der Waals surface area contributed by atoms with E-state index in [0.29, 0.717) is 6.41 Å². The number of nitrogens with one attached hydrogen (secondary N) is 1. The lowest BCUT2D eigenvalue weighted by Crippen LogP contribution is -2.05. The van der Waals surface area contributed by atoms with Crippen LogP contribution < -0.4 is 5.32 Å². The van der Waals surface area contributed by atoms with Gasteiger partial charge in [-0.2, -0.15) is 0 Å². The number of hydrogen-bond donors (Lipinski definition) is 1. The van der Waals surface area contributed by atoms with Crippen molar-refractivity contribution in [1.82, 2.24) is 5.32 Å². The third kappa shape index (κ3) is 13.5. The Morgan fingerprint density at radius 3 is 2.00 bits per heavy atom. The number of carbonyl (C=O) groups is 1. The predicted octanol–water partition coefficient (Wildman–Crippen LogP) is 3.51. The Labute approximate surface area is 94.8 Å². The highest BCUT2D eigenvalue weighted by molar-refractivity contribution is 5.46. The molecule has 0 aliphatic carbocycles. The molecule has 0 aromatic heterocycles. The van der Waals surface area contributed by atoms with Crippen LogP contribution in [0.15, 0.2) is 0 Å². The van der Waals surface area contributed by atoms with E-state index in [1.54, 1.807) is 0 Å². The van der Waals surface area contributed by atoms with Gasteiger partial charge in [0, 0.05) is 0 Å². The number of carbonyl (C=O) groups excluding carboxylic acids is 1. The van der Waals surface area contributed by atoms with E-state index in [2.05, 4.69) is 18.8 Å². The number of unbranched alkanes of at least 4 members (excludes halogenated alkanes) is 9. The number of hydrogen-bond acceptors (Lipinski definition) is 1. The normalized spacial score (nSPS) is 10.2. The third-order valence-corrected chi connectivity index (χ3v) is 2.46. The molecule has 1 N–H and O–H groups in total. The summed E-state index contributed by atoms with van der Waals surface area (Å²) in [6.07, 6.45) is 13.0. The smallest absolute Gasteiger partial charge is 0.207 e. The Bertz CT molecular complexity index is 126. The van der Waals surface area contributed by atoms with Crippen molar-refractivity contribution in [2.24, 2.45) is 0 Å². The Kier molecular flexibility index (Phi) is 13.0. The van der Waals surface area contributed by atoms with E-state index < -0.39 is 0 Å². The lowest BCUT2D eigenvalue weighted by atomic mass is 10.1. The topological polar surface area (TPSA) is 29.1 Å². The Balaban J connectivity index is 2.83. The van der Waals surface area contributed by atoms with Crippen LogP contribution in [0.3, 0.4) is 0 Å². The molecule has 0 rings (SSSR count). The summed E-state index contributed by atoms with van der Waals surface area (Å²) < 4.78 is 0. The molecule has 0 bridgehead atoms. The van der Waals surface area contributed by atoms with E-state index in [-0.39, 0.29) is 0 Å². The molecule has 0 aliphatic rings. The predicted molar refractivity (Wildman–Crippen MR) is 64.0 cm³/mol. The molecule has 0 saturated carbocycles. The largest absolute Gasteiger partial charge is 0.348 e. The monoisotopic (exact) mass is 210 g/mol. The van der Waals surface area contributed by atoms with Gasteiger partial charge in [0.25, 0.3) is 0 Å². The maximum absolute atomic E-state index is 9.89. The molecule has 87 valence electrons. The molecule has 0 atom stereocenters. The Morgan fingerprint density at radius 1 is 0.933 bits per heavy atom. The van der Waals surface area contributed by atoms with Gasteiger partial charge < -0.3 is 5.32 Å². The quantitative estimate of drug-likeness (QED) is 0.298. The van der Waals surface area contributed by atoms with E-state index in [1.807, 2.05) is 0 Å². The molecule has 0 saturated heterocycles. The molecule has 15 heavy (non-hydrogen) atoms. The lowest BCUT2D eigenvalue weighted by molar-refractivity contribution is -0.109. The second kappa shape index (κ2) is 13.5. The fourth-order valence-electron chi connectivity index (χ4n) is 1.56. The molecule has 0 aliphatic heterocycles. The molecule has 0 fully saturated rings. The molecule has 2 nitrogen and oxygen atoms in total. The van der Waals surface area contributed by atoms with E-state index in [4.69, 9.17) is 0 Å². The van der Waals surface area contributed by atoms with Crippen LogP contribution in [0, 0.1) is 13.5 Å². The van der Waals surface area contributed by atoms with Crippen molar-refractivity contribution in [2.45, 2.75) is 64.2 Å². The van der Waals surface area contributed by atoms with Crippen LogP contribution in [0.2, 0.25) is 0 Å². The van der Waals surface area contributed by atoms with Crippen LogP contribution in [0.5, 0.6) is 0 Å². The van der Waals surface area contributed by atoms with Crippen molar-refractivity contribution in [3.05, 3.63) is 13.5 Å². The van der Waals surface area contributed by atoms with Crippen LogP contribution >= 0.6 is 0 Å². The Hall–Kier alpha value is -0.530. The first-order valence-electron chi connectivity index (χ1n) is 6.13. The second-order valence-corrected chi connectivity index (χ2v) is 3.87. The van der Waals surface area contributed by atoms with Gasteiger partial charge in [-0.05, 0) is 6.42 Å². The average molecular weight is 210 g/mol. The summed E-state index contributed by atoms with van der Waals surface area (Å²) in [7, 11) is 0. The molecule has 0 spiro atoms. The summed E-state index contributed by atoms with van der Waals surface area (Å²) in [5, 5.41) is 2.44. The zero-order valence-corrected chi connectivity index (χ0v) is 9.76. The van der Waals surface area contributed by atoms with Gasteiger partial charge in [0.1, 0.15) is 0 Å². The first kappa shape index (κ1) is 14.5. The third-order valence-electron chi connectivity index (χ3n) is 2.46. The highest BCUT2D eigenvalue weighted by Gasteiger charge is 1.92. The maximum Gasteiger partial charge on any atom is 0.207 e. The summed E-state index contributed by atoms with van der Waals surface area (Å²) in [5.74, 6) is 0. The SMILES string of the molecule is [CH2]CCCCCCCCCC[C]NC=O. The van der Waals surface area contributed by atoms with Crippen molar-refractivity contribution in [3.63, 3.8) is 0 Å². The van der Waals surface area contributed by atoms with Gasteiger partial charge in [-0.1, -0.05) is 64.7 Å². The fraction of sp³-hybridized carbons (Fsp3) is 0.769. The first-order valence-corrected chi connectivity index (χ1v) is 6.13. The lowest BCUT2D eigenvalue weighted by Gasteiger charge is -2.01. The molecule has 2 heteroatoms. The van der Waals surface area contributed by atoms with Gasteiger partial charge in [-0.15, -0.1) is 0 Å². The average Bonchev–Trinajstić information content (AvgIpc) is 2.26. The molecule has 1 amide bonds. The van der Waals surface area contributed by atoms with Crippen LogP contribution in [0.1, 0.15) is 64.2 Å². The van der Waals surface area contributed by atoms with Gasteiger partial charge in [-0.3, -0.25) is 4.79 Å². The van der Waals surface area contributed by atoms with Crippen LogP contribution in [-0.4, -0.2) is 6.41 Å². The minimum atomic E-state index is 0.669. The maximum atomic E-state index is 9.89. The summed E-state index contributed by atoms with van der Waals surface area (Å²) in [6.45, 7) is 6.66. The highest BCUT2D eigenvalue weighted by atomic mass is 16.1. The Morgan fingerprint density at radius 2 is 1.47 bits per heavy atom. The van der Waals surface area contributed by atoms with Crippen molar-refractivity contribution >= 4 is 6.41 Å². The standard InChI is InChI=1S/C13H24NO/c1-2-3-4-5-6-7-8-9-10-11-12-14-13-15/h13H,1-11H2,(H,14,15). The van der Waals surface area contributed by atoms with Crippen LogP contribution in [-0.2, 0) is 4.79 Å². The van der Waals surface area contributed by atoms with Gasteiger partial charge in [0.05, 0.1) is 6.54 Å². The van der Waals surface area contributed by atoms with E-state index in [0.717, 1.165) is 19.3 Å². The van der Waals surface area contributed by atoms with Crippen molar-refractivity contribution < 1.29 is 4.79 Å². The van der Waals surface area contributed by atoms with E-state index >= 15 is 0 Å². The van der Waals surface area contributed by atoms with Crippen molar-refractivity contribution in [2.75, 3.05) is 0 Å². The molecule has 0 heterocycles. The summed E-state index contributed by atoms with van der Waals surface area (Å²) in [6, 6.07) is 0. The van der Waals surface area contributed by atoms with Gasteiger partial charge in [0.15, 0.2) is 0 Å². The minimum absolute atomic E-state index is 0.669. The number of amides is 1. The highest BCUT2D eigenvalue weighted by Crippen LogP contribution is 2.10. The number of rotatable bonds is 12. The second-order valence-electron chi connectivity index (χ2n) is 3.87. The van der Waals surface area contributed by atoms with Gasteiger partial charge >= 0.3 is 0 Å². The van der Waals surface area contributed by atoms with Crippen LogP contribution in [0.25, 0.3) is 0 Å². The molecule has 0 unspecified atom stereocenters. The van der Waals surface area contributed by atoms with Crippen LogP contribution in [0.4, 0.5) is 0 Å². The summed E-state index contributed by atoms with van der Waals surface area (Å²) in [4.78, 5) is 9.89. The first-order chi connectivity index (χ1) is 7.41. The van der Waals surface area contributed by atoms with Crippen molar-refractivity contribution in [1.29, 1.82) is 0 Å². The molecular weight excluding hydrogens is 186 g/mol. The zero-order chi connectivity index (χ0) is 11.2. The zero-order valence-electron chi connectivity index (χ0n) is 9.76. The fourth-order valence-corrected chi connectivity index (χ4v) is 1.56. The molecular formula is C13H24NO. The van der Waals surface area contributed by atoms with E-state index in [1.165, 1.54) is 44.9 Å².